The van der Waals surface area contributed by atoms with Crippen LogP contribution in [0.3, 0.4) is 0 Å². The maximum atomic E-state index is 5.90. The zero-order valence-corrected chi connectivity index (χ0v) is 8.91. The second kappa shape index (κ2) is 4.30. The normalized spacial score (nSPS) is 31.5. The van der Waals surface area contributed by atoms with Crippen molar-refractivity contribution >= 4 is 5.84 Å². The van der Waals surface area contributed by atoms with Crippen molar-refractivity contribution in [2.45, 2.75) is 38.6 Å². The molecule has 1 aliphatic carbocycles. The molecular formula is C11H20N2O. The molecule has 0 aromatic heterocycles. The molecule has 3 heteroatoms. The molecule has 0 bridgehead atoms. The molecule has 2 aliphatic rings. The van der Waals surface area contributed by atoms with Crippen LogP contribution in [-0.4, -0.2) is 25.1 Å². The molecular weight excluding hydrogens is 176 g/mol. The number of nitrogens with zero attached hydrogens (tertiary/aromatic N) is 1. The van der Waals surface area contributed by atoms with Crippen molar-refractivity contribution in [1.29, 1.82) is 0 Å². The second-order valence-corrected chi connectivity index (χ2v) is 4.55. The Labute approximate surface area is 85.7 Å². The van der Waals surface area contributed by atoms with Gasteiger partial charge in [0, 0.05) is 18.4 Å². The third-order valence-corrected chi connectivity index (χ3v) is 3.23. The Morgan fingerprint density at radius 1 is 1.43 bits per heavy atom. The van der Waals surface area contributed by atoms with Gasteiger partial charge in [-0.05, 0) is 32.6 Å². The molecule has 14 heavy (non-hydrogen) atoms. The molecule has 1 saturated carbocycles. The van der Waals surface area contributed by atoms with Gasteiger partial charge in [0.05, 0.1) is 18.5 Å². The predicted octanol–water partition coefficient (Wildman–Crippen LogP) is 1.57. The van der Waals surface area contributed by atoms with Gasteiger partial charge in [0.15, 0.2) is 0 Å². The molecule has 2 fully saturated rings. The molecule has 2 unspecified atom stereocenters. The molecule has 0 aromatic carbocycles. The minimum atomic E-state index is 0.343. The van der Waals surface area contributed by atoms with E-state index in [9.17, 15) is 0 Å². The minimum Gasteiger partial charge on any atom is -0.387 e. The monoisotopic (exact) mass is 196 g/mol. The maximum absolute atomic E-state index is 5.90. The summed E-state index contributed by atoms with van der Waals surface area (Å²) in [5.74, 6) is 2.06. The SMILES string of the molecule is CC(N=C(N)C1CC1)C1CCCOC1. The van der Waals surface area contributed by atoms with Crippen LogP contribution >= 0.6 is 0 Å². The fourth-order valence-electron chi connectivity index (χ4n) is 1.97. The number of ether oxygens (including phenoxy) is 1. The summed E-state index contributed by atoms with van der Waals surface area (Å²) in [6.45, 7) is 3.95. The highest BCUT2D eigenvalue weighted by Gasteiger charge is 2.27. The highest BCUT2D eigenvalue weighted by molar-refractivity contribution is 5.85. The zero-order chi connectivity index (χ0) is 9.97. The average Bonchev–Trinajstić information content (AvgIpc) is 3.02. The zero-order valence-electron chi connectivity index (χ0n) is 8.91. The lowest BCUT2D eigenvalue weighted by molar-refractivity contribution is 0.0475. The van der Waals surface area contributed by atoms with Gasteiger partial charge in [0.2, 0.25) is 0 Å². The van der Waals surface area contributed by atoms with Gasteiger partial charge in [-0.15, -0.1) is 0 Å². The minimum absolute atomic E-state index is 0.343. The number of amidine groups is 1. The number of rotatable bonds is 3. The van der Waals surface area contributed by atoms with Gasteiger partial charge >= 0.3 is 0 Å². The van der Waals surface area contributed by atoms with Crippen molar-refractivity contribution < 1.29 is 4.74 Å². The fraction of sp³-hybridized carbons (Fsp3) is 0.909. The Morgan fingerprint density at radius 2 is 2.21 bits per heavy atom. The molecule has 1 saturated heterocycles. The van der Waals surface area contributed by atoms with Gasteiger partial charge in [-0.3, -0.25) is 4.99 Å². The maximum Gasteiger partial charge on any atom is 0.0971 e. The van der Waals surface area contributed by atoms with Crippen molar-refractivity contribution in [3.8, 4) is 0 Å². The lowest BCUT2D eigenvalue weighted by Crippen LogP contribution is -2.28. The third-order valence-electron chi connectivity index (χ3n) is 3.23. The Bertz CT molecular complexity index is 217. The van der Waals surface area contributed by atoms with Gasteiger partial charge in [-0.2, -0.15) is 0 Å². The average molecular weight is 196 g/mol. The van der Waals surface area contributed by atoms with Crippen LogP contribution in [0.2, 0.25) is 0 Å². The summed E-state index contributed by atoms with van der Waals surface area (Å²) in [7, 11) is 0. The molecule has 1 aliphatic heterocycles. The van der Waals surface area contributed by atoms with Crippen molar-refractivity contribution in [3.63, 3.8) is 0 Å². The molecule has 2 rings (SSSR count). The first-order valence-electron chi connectivity index (χ1n) is 5.68. The molecule has 0 amide bonds. The van der Waals surface area contributed by atoms with Crippen LogP contribution in [0, 0.1) is 11.8 Å². The summed E-state index contributed by atoms with van der Waals surface area (Å²) in [6, 6.07) is 0.343. The van der Waals surface area contributed by atoms with Gasteiger partial charge in [-0.25, -0.2) is 0 Å². The Kier molecular flexibility index (Phi) is 3.06. The van der Waals surface area contributed by atoms with Crippen LogP contribution in [0.1, 0.15) is 32.6 Å². The summed E-state index contributed by atoms with van der Waals surface area (Å²) in [5, 5.41) is 0. The summed E-state index contributed by atoms with van der Waals surface area (Å²) in [4.78, 5) is 4.58. The summed E-state index contributed by atoms with van der Waals surface area (Å²) in [6.07, 6.45) is 4.89. The van der Waals surface area contributed by atoms with Gasteiger partial charge in [-0.1, -0.05) is 0 Å². The van der Waals surface area contributed by atoms with E-state index in [2.05, 4.69) is 11.9 Å². The van der Waals surface area contributed by atoms with Crippen LogP contribution in [0.4, 0.5) is 0 Å². The lowest BCUT2D eigenvalue weighted by atomic mass is 9.95. The van der Waals surface area contributed by atoms with Gasteiger partial charge in [0.25, 0.3) is 0 Å². The molecule has 3 nitrogen and oxygen atoms in total. The topological polar surface area (TPSA) is 47.6 Å². The number of hydrogen-bond donors (Lipinski definition) is 1. The van der Waals surface area contributed by atoms with Crippen molar-refractivity contribution in [1.82, 2.24) is 0 Å². The smallest absolute Gasteiger partial charge is 0.0971 e. The number of nitrogens with two attached hydrogens (primary N) is 1. The Hall–Kier alpha value is -0.570. The van der Waals surface area contributed by atoms with Crippen LogP contribution in [0.25, 0.3) is 0 Å². The second-order valence-electron chi connectivity index (χ2n) is 4.55. The van der Waals surface area contributed by atoms with Gasteiger partial charge in [0.1, 0.15) is 0 Å². The molecule has 2 atom stereocenters. The van der Waals surface area contributed by atoms with Crippen LogP contribution in [0.5, 0.6) is 0 Å². The Balaban J connectivity index is 1.86. The first-order chi connectivity index (χ1) is 6.77. The first kappa shape index (κ1) is 9.97. The van der Waals surface area contributed by atoms with E-state index in [1.54, 1.807) is 0 Å². The van der Waals surface area contributed by atoms with E-state index in [1.165, 1.54) is 25.7 Å². The predicted molar refractivity (Wildman–Crippen MR) is 57.4 cm³/mol. The van der Waals surface area contributed by atoms with E-state index >= 15 is 0 Å². The highest BCUT2D eigenvalue weighted by atomic mass is 16.5. The molecule has 0 aromatic rings. The third kappa shape index (κ3) is 2.47. The summed E-state index contributed by atoms with van der Waals surface area (Å²) < 4.78 is 5.45. The first-order valence-corrected chi connectivity index (χ1v) is 5.68. The van der Waals surface area contributed by atoms with Crippen LogP contribution in [-0.2, 0) is 4.74 Å². The van der Waals surface area contributed by atoms with Crippen molar-refractivity contribution in [3.05, 3.63) is 0 Å². The van der Waals surface area contributed by atoms with E-state index in [-0.39, 0.29) is 0 Å². The van der Waals surface area contributed by atoms with E-state index in [1.807, 2.05) is 0 Å². The molecule has 80 valence electrons. The van der Waals surface area contributed by atoms with Crippen molar-refractivity contribution in [2.24, 2.45) is 22.6 Å². The quantitative estimate of drug-likeness (QED) is 0.550. The molecule has 1 heterocycles. The number of aliphatic imine (C=N–C) groups is 1. The standard InChI is InChI=1S/C11H20N2O/c1-8(10-3-2-6-14-7-10)13-11(12)9-4-5-9/h8-10H,2-7H2,1H3,(H2,12,13). The van der Waals surface area contributed by atoms with E-state index in [0.717, 1.165) is 19.0 Å². The van der Waals surface area contributed by atoms with E-state index in [0.29, 0.717) is 17.9 Å². The Morgan fingerprint density at radius 3 is 2.79 bits per heavy atom. The van der Waals surface area contributed by atoms with Crippen LogP contribution < -0.4 is 5.73 Å². The molecule has 2 N–H and O–H groups in total. The van der Waals surface area contributed by atoms with Crippen LogP contribution in [0.15, 0.2) is 4.99 Å². The molecule has 0 spiro atoms. The largest absolute Gasteiger partial charge is 0.387 e. The fourth-order valence-corrected chi connectivity index (χ4v) is 1.97. The van der Waals surface area contributed by atoms with Gasteiger partial charge < -0.3 is 10.5 Å². The summed E-state index contributed by atoms with van der Waals surface area (Å²) >= 11 is 0. The summed E-state index contributed by atoms with van der Waals surface area (Å²) in [5.41, 5.74) is 5.90. The molecule has 0 radical (unpaired) electrons. The van der Waals surface area contributed by atoms with Crippen molar-refractivity contribution in [2.75, 3.05) is 13.2 Å². The van der Waals surface area contributed by atoms with E-state index in [4.69, 9.17) is 10.5 Å². The number of hydrogen-bond acceptors (Lipinski definition) is 2. The van der Waals surface area contributed by atoms with E-state index < -0.39 is 0 Å². The lowest BCUT2D eigenvalue weighted by Gasteiger charge is -2.25. The highest BCUT2D eigenvalue weighted by Crippen LogP contribution is 2.30.